The zero-order chi connectivity index (χ0) is 16.1. The van der Waals surface area contributed by atoms with Gasteiger partial charge in [0.15, 0.2) is 0 Å². The van der Waals surface area contributed by atoms with E-state index in [2.05, 4.69) is 29.7 Å². The van der Waals surface area contributed by atoms with Crippen molar-refractivity contribution in [2.75, 3.05) is 29.4 Å². The molecule has 0 fully saturated rings. The molecule has 1 amide bonds. The summed E-state index contributed by atoms with van der Waals surface area (Å²) in [5, 5.41) is 0. The summed E-state index contributed by atoms with van der Waals surface area (Å²) in [7, 11) is 0. The number of para-hydroxylation sites is 2. The van der Waals surface area contributed by atoms with Crippen LogP contribution in [0.3, 0.4) is 0 Å². The zero-order valence-electron chi connectivity index (χ0n) is 13.3. The van der Waals surface area contributed by atoms with Crippen molar-refractivity contribution in [3.8, 4) is 0 Å². The van der Waals surface area contributed by atoms with Crippen LogP contribution in [-0.4, -0.2) is 25.5 Å². The molecule has 0 N–H and O–H groups in total. The quantitative estimate of drug-likeness (QED) is 0.787. The lowest BCUT2D eigenvalue weighted by atomic mass is 10.0. The van der Waals surface area contributed by atoms with Gasteiger partial charge in [-0.1, -0.05) is 42.5 Å². The summed E-state index contributed by atoms with van der Waals surface area (Å²) < 4.78 is 0. The van der Waals surface area contributed by atoms with Gasteiger partial charge in [-0.15, -0.1) is 6.58 Å². The molecule has 1 aliphatic rings. The Morgan fingerprint density at radius 3 is 2.65 bits per heavy atom. The Hall–Kier alpha value is -2.55. The van der Waals surface area contributed by atoms with Crippen LogP contribution >= 0.6 is 0 Å². The first-order chi connectivity index (χ1) is 11.3. The van der Waals surface area contributed by atoms with E-state index in [-0.39, 0.29) is 5.91 Å². The van der Waals surface area contributed by atoms with Crippen LogP contribution in [0.4, 0.5) is 11.4 Å². The monoisotopic (exact) mass is 306 g/mol. The Balaban J connectivity index is 1.79. The topological polar surface area (TPSA) is 23.6 Å². The van der Waals surface area contributed by atoms with Crippen molar-refractivity contribution in [1.82, 2.24) is 0 Å². The normalized spacial score (nSPS) is 13.3. The molecule has 0 saturated heterocycles. The second-order valence-electron chi connectivity index (χ2n) is 5.78. The number of hydrogen-bond acceptors (Lipinski definition) is 2. The van der Waals surface area contributed by atoms with Crippen LogP contribution in [0.2, 0.25) is 0 Å². The molecule has 2 aromatic carbocycles. The number of benzene rings is 2. The van der Waals surface area contributed by atoms with E-state index in [4.69, 9.17) is 0 Å². The van der Waals surface area contributed by atoms with E-state index in [1.807, 2.05) is 36.4 Å². The first-order valence-electron chi connectivity index (χ1n) is 8.09. The predicted molar refractivity (Wildman–Crippen MR) is 96.0 cm³/mol. The van der Waals surface area contributed by atoms with E-state index >= 15 is 0 Å². The third-order valence-corrected chi connectivity index (χ3v) is 4.21. The highest BCUT2D eigenvalue weighted by Gasteiger charge is 2.22. The van der Waals surface area contributed by atoms with Crippen molar-refractivity contribution < 1.29 is 4.79 Å². The molecular weight excluding hydrogens is 284 g/mol. The molecule has 3 nitrogen and oxygen atoms in total. The Labute approximate surface area is 137 Å². The fourth-order valence-electron chi connectivity index (χ4n) is 3.11. The minimum absolute atomic E-state index is 0.104. The molecular formula is C20H22N2O. The van der Waals surface area contributed by atoms with Gasteiger partial charge in [0.25, 0.3) is 0 Å². The average Bonchev–Trinajstić information content (AvgIpc) is 2.60. The Morgan fingerprint density at radius 1 is 1.13 bits per heavy atom. The second kappa shape index (κ2) is 7.14. The van der Waals surface area contributed by atoms with Gasteiger partial charge in [-0.2, -0.15) is 0 Å². The third-order valence-electron chi connectivity index (χ3n) is 4.21. The molecule has 0 bridgehead atoms. The maximum Gasteiger partial charge on any atom is 0.246 e. The molecule has 0 spiro atoms. The highest BCUT2D eigenvalue weighted by atomic mass is 16.2. The van der Waals surface area contributed by atoms with Crippen molar-refractivity contribution >= 4 is 17.3 Å². The molecule has 2 aromatic rings. The minimum Gasteiger partial charge on any atom is -0.362 e. The lowest BCUT2D eigenvalue weighted by Crippen LogP contribution is -2.42. The lowest BCUT2D eigenvalue weighted by molar-refractivity contribution is -0.117. The van der Waals surface area contributed by atoms with Crippen molar-refractivity contribution in [2.45, 2.75) is 12.8 Å². The number of nitrogens with zero attached hydrogens (tertiary/aromatic N) is 2. The van der Waals surface area contributed by atoms with Crippen molar-refractivity contribution in [3.63, 3.8) is 0 Å². The van der Waals surface area contributed by atoms with E-state index in [0.29, 0.717) is 13.1 Å². The summed E-state index contributed by atoms with van der Waals surface area (Å²) in [6.45, 7) is 5.64. The fourth-order valence-corrected chi connectivity index (χ4v) is 3.11. The van der Waals surface area contributed by atoms with Crippen molar-refractivity contribution in [2.24, 2.45) is 0 Å². The number of hydrogen-bond donors (Lipinski definition) is 0. The number of carbonyl (C=O) groups excluding carboxylic acids is 1. The maximum absolute atomic E-state index is 12.8. The first-order valence-corrected chi connectivity index (χ1v) is 8.09. The van der Waals surface area contributed by atoms with Gasteiger partial charge in [0.2, 0.25) is 5.91 Å². The van der Waals surface area contributed by atoms with E-state index < -0.39 is 0 Å². The Morgan fingerprint density at radius 2 is 1.87 bits per heavy atom. The van der Waals surface area contributed by atoms with Crippen LogP contribution in [0.15, 0.2) is 67.3 Å². The number of carbonyl (C=O) groups is 1. The van der Waals surface area contributed by atoms with E-state index in [9.17, 15) is 4.79 Å². The molecule has 118 valence electrons. The lowest BCUT2D eigenvalue weighted by Gasteiger charge is -2.32. The molecule has 0 radical (unpaired) electrons. The molecule has 0 saturated carbocycles. The number of amides is 1. The summed E-state index contributed by atoms with van der Waals surface area (Å²) in [5.74, 6) is 0.104. The molecule has 0 unspecified atom stereocenters. The molecule has 1 heterocycles. The predicted octanol–water partition coefficient (Wildman–Crippen LogP) is 3.66. The zero-order valence-corrected chi connectivity index (χ0v) is 13.3. The highest BCUT2D eigenvalue weighted by molar-refractivity contribution is 5.96. The SMILES string of the molecule is C=CCN(C(=O)CN1CCCc2ccccc21)c1ccccc1. The number of rotatable bonds is 5. The van der Waals surface area contributed by atoms with Crippen LogP contribution in [0.25, 0.3) is 0 Å². The molecule has 3 heteroatoms. The van der Waals surface area contributed by atoms with Crippen LogP contribution < -0.4 is 9.80 Å². The van der Waals surface area contributed by atoms with Gasteiger partial charge in [0, 0.05) is 24.5 Å². The van der Waals surface area contributed by atoms with Gasteiger partial charge in [-0.25, -0.2) is 0 Å². The van der Waals surface area contributed by atoms with Gasteiger partial charge >= 0.3 is 0 Å². The molecule has 1 aliphatic heterocycles. The van der Waals surface area contributed by atoms with Crippen LogP contribution in [0.1, 0.15) is 12.0 Å². The fraction of sp³-hybridized carbons (Fsp3) is 0.250. The third kappa shape index (κ3) is 3.45. The summed E-state index contributed by atoms with van der Waals surface area (Å²) in [5.41, 5.74) is 3.45. The van der Waals surface area contributed by atoms with E-state index in [1.54, 1.807) is 11.0 Å². The summed E-state index contributed by atoms with van der Waals surface area (Å²) >= 11 is 0. The minimum atomic E-state index is 0.104. The molecule has 3 rings (SSSR count). The summed E-state index contributed by atoms with van der Waals surface area (Å²) in [6, 6.07) is 18.2. The number of anilines is 2. The highest BCUT2D eigenvalue weighted by Crippen LogP contribution is 2.26. The van der Waals surface area contributed by atoms with Gasteiger partial charge < -0.3 is 9.80 Å². The average molecular weight is 306 g/mol. The molecule has 23 heavy (non-hydrogen) atoms. The largest absolute Gasteiger partial charge is 0.362 e. The summed E-state index contributed by atoms with van der Waals surface area (Å²) in [4.78, 5) is 16.8. The second-order valence-corrected chi connectivity index (χ2v) is 5.78. The molecule has 0 atom stereocenters. The van der Waals surface area contributed by atoms with Gasteiger partial charge in [-0.3, -0.25) is 4.79 Å². The van der Waals surface area contributed by atoms with Gasteiger partial charge in [-0.05, 0) is 36.6 Å². The standard InChI is InChI=1S/C20H22N2O/c1-2-14-22(18-11-4-3-5-12-18)20(23)16-21-15-8-10-17-9-6-7-13-19(17)21/h2-7,9,11-13H,1,8,10,14-16H2. The maximum atomic E-state index is 12.8. The van der Waals surface area contributed by atoms with E-state index in [1.165, 1.54) is 11.3 Å². The summed E-state index contributed by atoms with van der Waals surface area (Å²) in [6.07, 6.45) is 3.96. The molecule has 0 aromatic heterocycles. The number of fused-ring (bicyclic) bond motifs is 1. The number of aryl methyl sites for hydroxylation is 1. The van der Waals surface area contributed by atoms with E-state index in [0.717, 1.165) is 25.1 Å². The first kappa shape index (κ1) is 15.3. The van der Waals surface area contributed by atoms with Gasteiger partial charge in [0.1, 0.15) is 0 Å². The van der Waals surface area contributed by atoms with Gasteiger partial charge in [0.05, 0.1) is 6.54 Å². The molecule has 0 aliphatic carbocycles. The van der Waals surface area contributed by atoms with Crippen LogP contribution in [0, 0.1) is 0 Å². The Bertz CT molecular complexity index is 681. The van der Waals surface area contributed by atoms with Crippen molar-refractivity contribution in [3.05, 3.63) is 72.8 Å². The van der Waals surface area contributed by atoms with Crippen LogP contribution in [-0.2, 0) is 11.2 Å². The Kier molecular flexibility index (Phi) is 4.77. The van der Waals surface area contributed by atoms with Crippen LogP contribution in [0.5, 0.6) is 0 Å². The van der Waals surface area contributed by atoms with Crippen molar-refractivity contribution in [1.29, 1.82) is 0 Å². The smallest absolute Gasteiger partial charge is 0.246 e.